The Morgan fingerprint density at radius 1 is 1.12 bits per heavy atom. The molecule has 5 heteroatoms. The molecule has 2 amide bonds. The second-order valence-corrected chi connectivity index (χ2v) is 7.03. The van der Waals surface area contributed by atoms with E-state index in [-0.39, 0.29) is 11.8 Å². The summed E-state index contributed by atoms with van der Waals surface area (Å²) < 4.78 is 0.882. The first-order valence-electron chi connectivity index (χ1n) is 7.94. The smallest absolute Gasteiger partial charge is 0.253 e. The second kappa shape index (κ2) is 7.18. The first-order chi connectivity index (χ1) is 11.5. The van der Waals surface area contributed by atoms with Crippen LogP contribution in [0, 0.1) is 0 Å². The van der Waals surface area contributed by atoms with E-state index < -0.39 is 0 Å². The van der Waals surface area contributed by atoms with Crippen LogP contribution in [0.4, 0.5) is 0 Å². The first-order valence-corrected chi connectivity index (χ1v) is 8.73. The number of benzene rings is 2. The Kier molecular flexibility index (Phi) is 5.00. The van der Waals surface area contributed by atoms with Crippen molar-refractivity contribution in [1.82, 2.24) is 10.2 Å². The molecular weight excluding hydrogens is 368 g/mol. The van der Waals surface area contributed by atoms with Gasteiger partial charge in [-0.15, -0.1) is 0 Å². The number of nitrogens with zero attached hydrogens (tertiary/aromatic N) is 1. The Balaban J connectivity index is 1.62. The van der Waals surface area contributed by atoms with E-state index in [1.165, 1.54) is 0 Å². The second-order valence-electron chi connectivity index (χ2n) is 6.12. The third kappa shape index (κ3) is 4.23. The molecule has 2 aromatic carbocycles. The molecule has 0 spiro atoms. The number of carbonyl (C=O) groups is 2. The SMILES string of the molecule is CN(Cc1ccc(C(=O)NC2CC2)cc1)C(=O)c1cccc(Br)c1. The number of halogens is 1. The molecule has 0 heterocycles. The minimum Gasteiger partial charge on any atom is -0.349 e. The molecule has 0 aliphatic heterocycles. The van der Waals surface area contributed by atoms with Crippen molar-refractivity contribution in [2.45, 2.75) is 25.4 Å². The quantitative estimate of drug-likeness (QED) is 0.852. The Hall–Kier alpha value is -2.14. The summed E-state index contributed by atoms with van der Waals surface area (Å²) in [6.45, 7) is 0.496. The topological polar surface area (TPSA) is 49.4 Å². The number of hydrogen-bond acceptors (Lipinski definition) is 2. The highest BCUT2D eigenvalue weighted by atomic mass is 79.9. The molecule has 0 radical (unpaired) electrons. The van der Waals surface area contributed by atoms with Gasteiger partial charge in [0.15, 0.2) is 0 Å². The fourth-order valence-electron chi connectivity index (χ4n) is 2.45. The van der Waals surface area contributed by atoms with Crippen molar-refractivity contribution >= 4 is 27.7 Å². The molecule has 1 saturated carbocycles. The number of rotatable bonds is 5. The van der Waals surface area contributed by atoms with Gasteiger partial charge >= 0.3 is 0 Å². The van der Waals surface area contributed by atoms with Crippen LogP contribution < -0.4 is 5.32 Å². The van der Waals surface area contributed by atoms with E-state index in [0.717, 1.165) is 22.9 Å². The molecule has 1 N–H and O–H groups in total. The fourth-order valence-corrected chi connectivity index (χ4v) is 2.84. The molecule has 0 saturated heterocycles. The molecule has 0 aromatic heterocycles. The van der Waals surface area contributed by atoms with E-state index in [0.29, 0.717) is 23.7 Å². The predicted octanol–water partition coefficient (Wildman–Crippen LogP) is 3.61. The van der Waals surface area contributed by atoms with E-state index in [4.69, 9.17) is 0 Å². The van der Waals surface area contributed by atoms with Gasteiger partial charge in [-0.2, -0.15) is 0 Å². The molecule has 0 bridgehead atoms. The highest BCUT2D eigenvalue weighted by Gasteiger charge is 2.23. The zero-order valence-corrected chi connectivity index (χ0v) is 15.0. The molecule has 0 unspecified atom stereocenters. The van der Waals surface area contributed by atoms with Crippen LogP contribution in [0.5, 0.6) is 0 Å². The normalized spacial score (nSPS) is 13.4. The van der Waals surface area contributed by atoms with Gasteiger partial charge in [0, 0.05) is 35.2 Å². The largest absolute Gasteiger partial charge is 0.349 e. The molecule has 1 fully saturated rings. The standard InChI is InChI=1S/C19H19BrN2O2/c1-22(19(24)15-3-2-4-16(20)11-15)12-13-5-7-14(8-6-13)18(23)21-17-9-10-17/h2-8,11,17H,9-10,12H2,1H3,(H,21,23). The summed E-state index contributed by atoms with van der Waals surface area (Å²) >= 11 is 3.38. The van der Waals surface area contributed by atoms with Gasteiger partial charge in [-0.25, -0.2) is 0 Å². The average molecular weight is 387 g/mol. The van der Waals surface area contributed by atoms with E-state index in [2.05, 4.69) is 21.2 Å². The van der Waals surface area contributed by atoms with Crippen LogP contribution in [0.3, 0.4) is 0 Å². The Morgan fingerprint density at radius 2 is 1.83 bits per heavy atom. The minimum atomic E-state index is -0.0353. The fraction of sp³-hybridized carbons (Fsp3) is 0.263. The van der Waals surface area contributed by atoms with Crippen molar-refractivity contribution in [2.24, 2.45) is 0 Å². The zero-order chi connectivity index (χ0) is 17.1. The van der Waals surface area contributed by atoms with Crippen molar-refractivity contribution in [2.75, 3.05) is 7.05 Å². The Labute approximate surface area is 150 Å². The summed E-state index contributed by atoms with van der Waals surface area (Å²) in [5, 5.41) is 2.97. The molecule has 124 valence electrons. The average Bonchev–Trinajstić information content (AvgIpc) is 3.38. The Morgan fingerprint density at radius 3 is 2.46 bits per heavy atom. The first kappa shape index (κ1) is 16.7. The van der Waals surface area contributed by atoms with Crippen LogP contribution in [0.2, 0.25) is 0 Å². The monoisotopic (exact) mass is 386 g/mol. The van der Waals surface area contributed by atoms with E-state index in [1.54, 1.807) is 18.0 Å². The lowest BCUT2D eigenvalue weighted by Gasteiger charge is -2.17. The van der Waals surface area contributed by atoms with Crippen LogP contribution in [0.1, 0.15) is 39.1 Å². The van der Waals surface area contributed by atoms with Crippen molar-refractivity contribution in [3.05, 3.63) is 69.7 Å². The van der Waals surface area contributed by atoms with Crippen molar-refractivity contribution in [1.29, 1.82) is 0 Å². The van der Waals surface area contributed by atoms with Gasteiger partial charge in [0.1, 0.15) is 0 Å². The highest BCUT2D eigenvalue weighted by Crippen LogP contribution is 2.19. The van der Waals surface area contributed by atoms with Gasteiger partial charge in [0.2, 0.25) is 0 Å². The van der Waals surface area contributed by atoms with Crippen molar-refractivity contribution in [3.63, 3.8) is 0 Å². The number of hydrogen-bond donors (Lipinski definition) is 1. The van der Waals surface area contributed by atoms with Crippen LogP contribution >= 0.6 is 15.9 Å². The van der Waals surface area contributed by atoms with Crippen LogP contribution in [-0.2, 0) is 6.54 Å². The van der Waals surface area contributed by atoms with Crippen LogP contribution in [0.25, 0.3) is 0 Å². The summed E-state index contributed by atoms with van der Waals surface area (Å²) in [5.41, 5.74) is 2.29. The molecule has 24 heavy (non-hydrogen) atoms. The lowest BCUT2D eigenvalue weighted by molar-refractivity contribution is 0.0784. The van der Waals surface area contributed by atoms with Gasteiger partial charge < -0.3 is 10.2 Å². The van der Waals surface area contributed by atoms with Gasteiger partial charge in [0.25, 0.3) is 11.8 Å². The van der Waals surface area contributed by atoms with Gasteiger partial charge in [-0.1, -0.05) is 34.1 Å². The molecule has 2 aromatic rings. The lowest BCUT2D eigenvalue weighted by atomic mass is 10.1. The minimum absolute atomic E-state index is 0.0254. The summed E-state index contributed by atoms with van der Waals surface area (Å²) in [6.07, 6.45) is 2.15. The number of carbonyl (C=O) groups excluding carboxylic acids is 2. The third-order valence-electron chi connectivity index (χ3n) is 3.97. The van der Waals surface area contributed by atoms with Gasteiger partial charge in [-0.05, 0) is 48.7 Å². The molecule has 0 atom stereocenters. The zero-order valence-electron chi connectivity index (χ0n) is 13.5. The molecular formula is C19H19BrN2O2. The van der Waals surface area contributed by atoms with Crippen LogP contribution in [0.15, 0.2) is 53.0 Å². The van der Waals surface area contributed by atoms with Crippen LogP contribution in [-0.4, -0.2) is 29.8 Å². The molecule has 1 aliphatic rings. The lowest BCUT2D eigenvalue weighted by Crippen LogP contribution is -2.26. The maximum atomic E-state index is 12.4. The maximum absolute atomic E-state index is 12.4. The summed E-state index contributed by atoms with van der Waals surface area (Å²) in [6, 6.07) is 15.1. The number of nitrogens with one attached hydrogen (secondary N) is 1. The van der Waals surface area contributed by atoms with Gasteiger partial charge in [0.05, 0.1) is 0 Å². The third-order valence-corrected chi connectivity index (χ3v) is 4.46. The van der Waals surface area contributed by atoms with Crippen molar-refractivity contribution < 1.29 is 9.59 Å². The Bertz CT molecular complexity index is 754. The molecule has 1 aliphatic carbocycles. The maximum Gasteiger partial charge on any atom is 0.253 e. The molecule has 4 nitrogen and oxygen atoms in total. The summed E-state index contributed by atoms with van der Waals surface area (Å²) in [5.74, 6) is -0.0607. The highest BCUT2D eigenvalue weighted by molar-refractivity contribution is 9.10. The van der Waals surface area contributed by atoms with E-state index in [9.17, 15) is 9.59 Å². The van der Waals surface area contributed by atoms with E-state index >= 15 is 0 Å². The summed E-state index contributed by atoms with van der Waals surface area (Å²) in [4.78, 5) is 26.1. The number of amides is 2. The van der Waals surface area contributed by atoms with E-state index in [1.807, 2.05) is 42.5 Å². The van der Waals surface area contributed by atoms with Crippen molar-refractivity contribution in [3.8, 4) is 0 Å². The van der Waals surface area contributed by atoms with Gasteiger partial charge in [-0.3, -0.25) is 9.59 Å². The summed E-state index contributed by atoms with van der Waals surface area (Å²) in [7, 11) is 1.77. The molecule has 3 rings (SSSR count). The predicted molar refractivity (Wildman–Crippen MR) is 96.9 cm³/mol.